The number of pyridine rings is 1. The standard InChI is InChI=1S/C35H28NO/c1-19-8-7-9-22-13-24-15-27-23(16-29(24)33(19)22)14-25-18-36(4)31(17-28(25)27)34-21(3)20(2)12-30-26-10-5-6-11-32(26)37-35(30)34/h5-12,15-18H,13-14H2,1-4H3/q+1. The van der Waals surface area contributed by atoms with Crippen LogP contribution in [0.1, 0.15) is 38.9 Å². The van der Waals surface area contributed by atoms with Crippen LogP contribution >= 0.6 is 0 Å². The Morgan fingerprint density at radius 3 is 2.30 bits per heavy atom. The number of fused-ring (bicyclic) bond motifs is 9. The summed E-state index contributed by atoms with van der Waals surface area (Å²) in [6.07, 6.45) is 4.35. The van der Waals surface area contributed by atoms with Crippen LogP contribution in [-0.4, -0.2) is 0 Å². The zero-order valence-corrected chi connectivity index (χ0v) is 21.7. The van der Waals surface area contributed by atoms with Gasteiger partial charge in [0.05, 0.1) is 5.56 Å². The molecule has 0 N–H and O–H groups in total. The highest BCUT2D eigenvalue weighted by atomic mass is 16.3. The number of benzene rings is 4. The van der Waals surface area contributed by atoms with Gasteiger partial charge in [-0.05, 0) is 107 Å². The first-order chi connectivity index (χ1) is 18.0. The molecule has 0 unspecified atom stereocenters. The van der Waals surface area contributed by atoms with Gasteiger partial charge in [-0.15, -0.1) is 0 Å². The van der Waals surface area contributed by atoms with Crippen molar-refractivity contribution in [2.24, 2.45) is 7.05 Å². The van der Waals surface area contributed by atoms with Crippen molar-refractivity contribution in [1.29, 1.82) is 0 Å². The lowest BCUT2D eigenvalue weighted by molar-refractivity contribution is -0.660. The van der Waals surface area contributed by atoms with Crippen LogP contribution in [0.25, 0.3) is 55.4 Å². The van der Waals surface area contributed by atoms with E-state index in [2.05, 4.69) is 105 Å². The van der Waals surface area contributed by atoms with Gasteiger partial charge in [0.2, 0.25) is 5.69 Å². The summed E-state index contributed by atoms with van der Waals surface area (Å²) in [6.45, 7) is 6.68. The Morgan fingerprint density at radius 1 is 0.649 bits per heavy atom. The Morgan fingerprint density at radius 2 is 1.41 bits per heavy atom. The first kappa shape index (κ1) is 21.0. The van der Waals surface area contributed by atoms with E-state index in [1.54, 1.807) is 0 Å². The molecule has 0 aliphatic heterocycles. The van der Waals surface area contributed by atoms with Crippen molar-refractivity contribution < 1.29 is 8.98 Å². The van der Waals surface area contributed by atoms with Crippen LogP contribution in [0.4, 0.5) is 0 Å². The van der Waals surface area contributed by atoms with E-state index in [0.29, 0.717) is 0 Å². The van der Waals surface area contributed by atoms with Crippen LogP contribution in [0.2, 0.25) is 0 Å². The van der Waals surface area contributed by atoms with E-state index in [4.69, 9.17) is 4.42 Å². The molecule has 2 aliphatic carbocycles. The van der Waals surface area contributed by atoms with Crippen LogP contribution in [0.5, 0.6) is 0 Å². The van der Waals surface area contributed by atoms with Gasteiger partial charge in [0, 0.05) is 28.8 Å². The number of para-hydroxylation sites is 1. The van der Waals surface area contributed by atoms with Gasteiger partial charge in [-0.2, -0.15) is 0 Å². The highest BCUT2D eigenvalue weighted by Gasteiger charge is 2.30. The molecular weight excluding hydrogens is 450 g/mol. The van der Waals surface area contributed by atoms with Gasteiger partial charge in [-0.25, -0.2) is 4.57 Å². The molecule has 0 amide bonds. The highest BCUT2D eigenvalue weighted by Crippen LogP contribution is 2.47. The number of hydrogen-bond acceptors (Lipinski definition) is 1. The number of furan rings is 1. The van der Waals surface area contributed by atoms with Crippen molar-refractivity contribution in [3.05, 3.63) is 112 Å². The first-order valence-corrected chi connectivity index (χ1v) is 13.2. The number of aromatic nitrogens is 1. The predicted molar refractivity (Wildman–Crippen MR) is 151 cm³/mol. The average Bonchev–Trinajstić information content (AvgIpc) is 3.54. The molecule has 0 saturated carbocycles. The molecule has 4 aromatic carbocycles. The number of aryl methyl sites for hydroxylation is 3. The fourth-order valence-corrected chi connectivity index (χ4v) is 6.88. The lowest BCUT2D eigenvalue weighted by Gasteiger charge is -2.11. The second-order valence-electron chi connectivity index (χ2n) is 11.0. The quantitative estimate of drug-likeness (QED) is 0.218. The van der Waals surface area contributed by atoms with Gasteiger partial charge in [0.15, 0.2) is 6.20 Å². The third kappa shape index (κ3) is 2.79. The van der Waals surface area contributed by atoms with Gasteiger partial charge >= 0.3 is 0 Å². The van der Waals surface area contributed by atoms with E-state index in [-0.39, 0.29) is 0 Å². The lowest BCUT2D eigenvalue weighted by Crippen LogP contribution is -2.31. The smallest absolute Gasteiger partial charge is 0.216 e. The third-order valence-corrected chi connectivity index (χ3v) is 8.81. The fourth-order valence-electron chi connectivity index (χ4n) is 6.88. The van der Waals surface area contributed by atoms with Crippen molar-refractivity contribution in [1.82, 2.24) is 0 Å². The van der Waals surface area contributed by atoms with Crippen LogP contribution < -0.4 is 4.57 Å². The molecular formula is C35H28NO+. The summed E-state index contributed by atoms with van der Waals surface area (Å²) in [4.78, 5) is 0. The summed E-state index contributed by atoms with van der Waals surface area (Å²) < 4.78 is 8.81. The molecule has 6 aromatic rings. The molecule has 0 atom stereocenters. The largest absolute Gasteiger partial charge is 0.455 e. The molecule has 0 fully saturated rings. The number of nitrogens with zero attached hydrogens (tertiary/aromatic N) is 1. The first-order valence-electron chi connectivity index (χ1n) is 13.2. The Labute approximate surface area is 216 Å². The van der Waals surface area contributed by atoms with Crippen LogP contribution in [0, 0.1) is 20.8 Å². The van der Waals surface area contributed by atoms with Crippen LogP contribution in [0.15, 0.2) is 77.3 Å². The summed E-state index contributed by atoms with van der Waals surface area (Å²) in [5.74, 6) is 0. The second-order valence-corrected chi connectivity index (χ2v) is 11.0. The minimum absolute atomic E-state index is 0.948. The predicted octanol–water partition coefficient (Wildman–Crippen LogP) is 8.15. The van der Waals surface area contributed by atoms with Gasteiger partial charge in [-0.3, -0.25) is 0 Å². The molecule has 2 heteroatoms. The molecule has 0 spiro atoms. The minimum Gasteiger partial charge on any atom is -0.455 e. The maximum atomic E-state index is 6.51. The average molecular weight is 479 g/mol. The molecule has 37 heavy (non-hydrogen) atoms. The van der Waals surface area contributed by atoms with Crippen molar-refractivity contribution >= 4 is 21.9 Å². The molecule has 2 nitrogen and oxygen atoms in total. The SMILES string of the molecule is Cc1cc2c(oc3ccccc32)c(-c2cc3c(c[n+]2C)Cc2cc4c(cc2-3)Cc2cccc(C)c2-4)c1C. The molecule has 0 radical (unpaired) electrons. The molecule has 8 rings (SSSR count). The maximum Gasteiger partial charge on any atom is 0.216 e. The van der Waals surface area contributed by atoms with Crippen molar-refractivity contribution in [3.63, 3.8) is 0 Å². The Kier molecular flexibility index (Phi) is 4.08. The summed E-state index contributed by atoms with van der Waals surface area (Å²) in [7, 11) is 2.18. The number of hydrogen-bond donors (Lipinski definition) is 0. The Hall–Kier alpha value is -4.17. The van der Waals surface area contributed by atoms with E-state index < -0.39 is 0 Å². The zero-order valence-electron chi connectivity index (χ0n) is 21.7. The third-order valence-electron chi connectivity index (χ3n) is 8.81. The molecule has 0 saturated heterocycles. The van der Waals surface area contributed by atoms with Crippen molar-refractivity contribution in [2.45, 2.75) is 33.6 Å². The van der Waals surface area contributed by atoms with Crippen molar-refractivity contribution in [3.8, 4) is 33.5 Å². The Bertz CT molecular complexity index is 1970. The van der Waals surface area contributed by atoms with Gasteiger partial charge in [0.25, 0.3) is 0 Å². The summed E-state index contributed by atoms with van der Waals surface area (Å²) in [5.41, 5.74) is 19.7. The summed E-state index contributed by atoms with van der Waals surface area (Å²) in [6, 6.07) is 24.7. The molecule has 2 heterocycles. The highest BCUT2D eigenvalue weighted by molar-refractivity contribution is 6.10. The van der Waals surface area contributed by atoms with Crippen molar-refractivity contribution in [2.75, 3.05) is 0 Å². The van der Waals surface area contributed by atoms with E-state index in [9.17, 15) is 0 Å². The van der Waals surface area contributed by atoms with Gasteiger partial charge < -0.3 is 4.42 Å². The zero-order chi connectivity index (χ0) is 25.0. The van der Waals surface area contributed by atoms with Crippen LogP contribution in [0.3, 0.4) is 0 Å². The van der Waals surface area contributed by atoms with Crippen LogP contribution in [-0.2, 0) is 19.9 Å². The lowest BCUT2D eigenvalue weighted by atomic mass is 9.94. The summed E-state index contributed by atoms with van der Waals surface area (Å²) in [5, 5.41) is 2.38. The second kappa shape index (κ2) is 7.20. The normalized spacial score (nSPS) is 13.2. The minimum atomic E-state index is 0.948. The number of rotatable bonds is 1. The van der Waals surface area contributed by atoms with E-state index in [1.165, 1.54) is 83.2 Å². The molecule has 2 aromatic heterocycles. The van der Waals surface area contributed by atoms with E-state index >= 15 is 0 Å². The van der Waals surface area contributed by atoms with E-state index in [1.807, 2.05) is 0 Å². The molecule has 0 bridgehead atoms. The van der Waals surface area contributed by atoms with Gasteiger partial charge in [0.1, 0.15) is 18.2 Å². The monoisotopic (exact) mass is 478 g/mol. The van der Waals surface area contributed by atoms with Gasteiger partial charge in [-0.1, -0.05) is 36.4 Å². The Balaban J connectivity index is 1.36. The maximum absolute atomic E-state index is 6.51. The fraction of sp³-hybridized carbons (Fsp3) is 0.171. The molecule has 178 valence electrons. The molecule has 2 aliphatic rings. The van der Waals surface area contributed by atoms with E-state index in [0.717, 1.165) is 24.0 Å². The topological polar surface area (TPSA) is 17.0 Å². The summed E-state index contributed by atoms with van der Waals surface area (Å²) >= 11 is 0.